The van der Waals surface area contributed by atoms with E-state index in [0.29, 0.717) is 0 Å². The number of nitro groups is 2. The molecular weight excluding hydrogens is 344 g/mol. The quantitative estimate of drug-likeness (QED) is 0.434. The van der Waals surface area contributed by atoms with Crippen LogP contribution in [0.15, 0.2) is 48.5 Å². The van der Waals surface area contributed by atoms with Gasteiger partial charge in [-0.15, -0.1) is 0 Å². The third-order valence-electron chi connectivity index (χ3n) is 3.75. The summed E-state index contributed by atoms with van der Waals surface area (Å²) in [5.74, 6) is -2.95. The average molecular weight is 358 g/mol. The van der Waals surface area contributed by atoms with Gasteiger partial charge in [-0.25, -0.2) is 0 Å². The maximum atomic E-state index is 12.4. The molecule has 9 nitrogen and oxygen atoms in total. The standard InChI is InChI=1S/C17H14N2O7/c20-16(9-13(17(21)22)6-11-4-2-1-3-5-11)12-7-14(18(23)24)10-15(8-12)19(25)26/h1-5,7-8,10,13H,6,9H2,(H,21,22). The lowest BCUT2D eigenvalue weighted by Crippen LogP contribution is -2.20. The number of hydrogen-bond donors (Lipinski definition) is 1. The van der Waals surface area contributed by atoms with E-state index in [2.05, 4.69) is 0 Å². The van der Waals surface area contributed by atoms with Gasteiger partial charge in [0.05, 0.1) is 21.8 Å². The van der Waals surface area contributed by atoms with Crippen molar-refractivity contribution in [3.63, 3.8) is 0 Å². The van der Waals surface area contributed by atoms with Gasteiger partial charge in [-0.3, -0.25) is 29.8 Å². The fraction of sp³-hybridized carbons (Fsp3) is 0.176. The largest absolute Gasteiger partial charge is 0.481 e. The van der Waals surface area contributed by atoms with Crippen LogP contribution in [0.5, 0.6) is 0 Å². The molecule has 0 aliphatic heterocycles. The third kappa shape index (κ3) is 4.69. The van der Waals surface area contributed by atoms with Gasteiger partial charge >= 0.3 is 5.97 Å². The lowest BCUT2D eigenvalue weighted by atomic mass is 9.92. The van der Waals surface area contributed by atoms with Crippen molar-refractivity contribution in [1.29, 1.82) is 0 Å². The summed E-state index contributed by atoms with van der Waals surface area (Å²) in [5, 5.41) is 31.1. The third-order valence-corrected chi connectivity index (χ3v) is 3.75. The second-order valence-corrected chi connectivity index (χ2v) is 5.60. The molecule has 2 aromatic carbocycles. The fourth-order valence-electron chi connectivity index (χ4n) is 2.45. The zero-order valence-corrected chi connectivity index (χ0v) is 13.4. The molecule has 26 heavy (non-hydrogen) atoms. The van der Waals surface area contributed by atoms with Gasteiger partial charge in [0.2, 0.25) is 0 Å². The number of aliphatic carboxylic acids is 1. The molecule has 0 aliphatic rings. The molecule has 0 spiro atoms. The van der Waals surface area contributed by atoms with Crippen LogP contribution < -0.4 is 0 Å². The number of nitro benzene ring substituents is 2. The van der Waals surface area contributed by atoms with E-state index in [9.17, 15) is 34.9 Å². The van der Waals surface area contributed by atoms with Crippen LogP contribution in [0.25, 0.3) is 0 Å². The molecule has 0 amide bonds. The number of carbonyl (C=O) groups excluding carboxylic acids is 1. The SMILES string of the molecule is O=C(CC(Cc1ccccc1)C(=O)O)c1cc([N+](=O)[O-])cc([N+](=O)[O-])c1. The Kier molecular flexibility index (Phi) is 5.74. The topological polar surface area (TPSA) is 141 Å². The molecule has 0 bridgehead atoms. The number of carboxylic acid groups (broad SMARTS) is 1. The Labute approximate surface area is 147 Å². The second kappa shape index (κ2) is 7.97. The first-order chi connectivity index (χ1) is 12.3. The summed E-state index contributed by atoms with van der Waals surface area (Å²) in [7, 11) is 0. The fourth-order valence-corrected chi connectivity index (χ4v) is 2.45. The molecule has 1 N–H and O–H groups in total. The van der Waals surface area contributed by atoms with Crippen molar-refractivity contribution in [1.82, 2.24) is 0 Å². The van der Waals surface area contributed by atoms with Crippen LogP contribution in [-0.4, -0.2) is 26.7 Å². The highest BCUT2D eigenvalue weighted by atomic mass is 16.6. The van der Waals surface area contributed by atoms with Crippen molar-refractivity contribution < 1.29 is 24.5 Å². The van der Waals surface area contributed by atoms with Gasteiger partial charge in [-0.05, 0) is 12.0 Å². The number of nitrogens with zero attached hydrogens (tertiary/aromatic N) is 2. The molecule has 0 saturated carbocycles. The van der Waals surface area contributed by atoms with Crippen LogP contribution in [0.3, 0.4) is 0 Å². The Hall–Kier alpha value is -3.62. The molecule has 0 saturated heterocycles. The maximum Gasteiger partial charge on any atom is 0.307 e. The van der Waals surface area contributed by atoms with Crippen LogP contribution in [-0.2, 0) is 11.2 Å². The van der Waals surface area contributed by atoms with Gasteiger partial charge in [-0.1, -0.05) is 30.3 Å². The predicted molar refractivity (Wildman–Crippen MR) is 90.0 cm³/mol. The zero-order chi connectivity index (χ0) is 19.3. The minimum absolute atomic E-state index is 0.0962. The summed E-state index contributed by atoms with van der Waals surface area (Å²) < 4.78 is 0. The van der Waals surface area contributed by atoms with Gasteiger partial charge in [0.25, 0.3) is 11.4 Å². The first-order valence-corrected chi connectivity index (χ1v) is 7.51. The molecule has 0 radical (unpaired) electrons. The number of ketones is 1. The predicted octanol–water partition coefficient (Wildman–Crippen LogP) is 3.02. The van der Waals surface area contributed by atoms with Crippen molar-refractivity contribution in [3.8, 4) is 0 Å². The Morgan fingerprint density at radius 2 is 1.50 bits per heavy atom. The van der Waals surface area contributed by atoms with Crippen molar-refractivity contribution in [2.24, 2.45) is 5.92 Å². The number of carboxylic acids is 1. The molecule has 0 aliphatic carbocycles. The first kappa shape index (κ1) is 18.7. The van der Waals surface area contributed by atoms with Gasteiger partial charge < -0.3 is 5.11 Å². The van der Waals surface area contributed by atoms with E-state index in [4.69, 9.17) is 0 Å². The highest BCUT2D eigenvalue weighted by Gasteiger charge is 2.25. The molecule has 9 heteroatoms. The Bertz CT molecular complexity index is 832. The minimum Gasteiger partial charge on any atom is -0.481 e. The number of benzene rings is 2. The number of Topliss-reactive ketones (excluding diaryl/α,β-unsaturated/α-hetero) is 1. The molecule has 134 valence electrons. The molecule has 0 fully saturated rings. The monoisotopic (exact) mass is 358 g/mol. The van der Waals surface area contributed by atoms with Crippen LogP contribution in [0.4, 0.5) is 11.4 Å². The lowest BCUT2D eigenvalue weighted by Gasteiger charge is -2.11. The van der Waals surface area contributed by atoms with E-state index >= 15 is 0 Å². The maximum absolute atomic E-state index is 12.4. The number of non-ortho nitro benzene ring substituents is 2. The molecule has 2 rings (SSSR count). The van der Waals surface area contributed by atoms with Gasteiger partial charge in [0, 0.05) is 24.1 Å². The minimum atomic E-state index is -1.19. The van der Waals surface area contributed by atoms with Crippen molar-refractivity contribution in [2.75, 3.05) is 0 Å². The van der Waals surface area contributed by atoms with Gasteiger partial charge in [-0.2, -0.15) is 0 Å². The van der Waals surface area contributed by atoms with Crippen LogP contribution in [0.1, 0.15) is 22.3 Å². The Morgan fingerprint density at radius 3 is 1.96 bits per heavy atom. The first-order valence-electron chi connectivity index (χ1n) is 7.51. The number of hydrogen-bond acceptors (Lipinski definition) is 6. The molecule has 0 aromatic heterocycles. The van der Waals surface area contributed by atoms with Crippen molar-refractivity contribution >= 4 is 23.1 Å². The molecule has 1 atom stereocenters. The summed E-state index contributed by atoms with van der Waals surface area (Å²) in [6.45, 7) is 0. The van der Waals surface area contributed by atoms with E-state index in [1.807, 2.05) is 0 Å². The van der Waals surface area contributed by atoms with Crippen molar-refractivity contribution in [2.45, 2.75) is 12.8 Å². The van der Waals surface area contributed by atoms with E-state index in [1.54, 1.807) is 30.3 Å². The smallest absolute Gasteiger partial charge is 0.307 e. The lowest BCUT2D eigenvalue weighted by molar-refractivity contribution is -0.394. The second-order valence-electron chi connectivity index (χ2n) is 5.60. The normalized spacial score (nSPS) is 11.5. The van der Waals surface area contributed by atoms with E-state index in [0.717, 1.165) is 23.8 Å². The van der Waals surface area contributed by atoms with Gasteiger partial charge in [0.15, 0.2) is 5.78 Å². The summed E-state index contributed by atoms with van der Waals surface area (Å²) in [4.78, 5) is 44.0. The molecular formula is C17H14N2O7. The summed E-state index contributed by atoms with van der Waals surface area (Å²) in [6.07, 6.45) is -0.332. The van der Waals surface area contributed by atoms with Gasteiger partial charge in [0.1, 0.15) is 0 Å². The van der Waals surface area contributed by atoms with E-state index < -0.39 is 45.3 Å². The van der Waals surface area contributed by atoms with Crippen LogP contribution in [0, 0.1) is 26.1 Å². The molecule has 0 heterocycles. The summed E-state index contributed by atoms with van der Waals surface area (Å²) >= 11 is 0. The highest BCUT2D eigenvalue weighted by Crippen LogP contribution is 2.25. The zero-order valence-electron chi connectivity index (χ0n) is 13.4. The Morgan fingerprint density at radius 1 is 0.962 bits per heavy atom. The van der Waals surface area contributed by atoms with Crippen LogP contribution >= 0.6 is 0 Å². The number of carbonyl (C=O) groups is 2. The van der Waals surface area contributed by atoms with E-state index in [-0.39, 0.29) is 12.0 Å². The average Bonchev–Trinajstić information content (AvgIpc) is 2.61. The summed E-state index contributed by atoms with van der Waals surface area (Å²) in [5.41, 5.74) is -0.738. The number of rotatable bonds is 8. The van der Waals surface area contributed by atoms with Crippen molar-refractivity contribution in [3.05, 3.63) is 79.9 Å². The van der Waals surface area contributed by atoms with E-state index in [1.165, 1.54) is 0 Å². The summed E-state index contributed by atoms with van der Waals surface area (Å²) in [6, 6.07) is 11.3. The highest BCUT2D eigenvalue weighted by molar-refractivity contribution is 5.99. The molecule has 1 unspecified atom stereocenters. The Balaban J connectivity index is 2.27. The molecule has 2 aromatic rings. The van der Waals surface area contributed by atoms with Crippen LogP contribution in [0.2, 0.25) is 0 Å².